The normalized spacial score (nSPS) is 19.1. The second-order valence-corrected chi connectivity index (χ2v) is 5.37. The van der Waals surface area contributed by atoms with E-state index in [0.717, 1.165) is 10.3 Å². The van der Waals surface area contributed by atoms with Crippen molar-refractivity contribution in [1.29, 1.82) is 0 Å². The van der Waals surface area contributed by atoms with Gasteiger partial charge in [-0.1, -0.05) is 24.4 Å². The smallest absolute Gasteiger partial charge is 0.148 e. The number of halogens is 2. The lowest BCUT2D eigenvalue weighted by atomic mass is 10.0. The van der Waals surface area contributed by atoms with Crippen LogP contribution in [0, 0.1) is 0 Å². The Morgan fingerprint density at radius 3 is 2.73 bits per heavy atom. The molecule has 0 unspecified atom stereocenters. The average molecular weight is 291 g/mol. The number of hydrogen-bond acceptors (Lipinski definition) is 3. The predicted octanol–water partition coefficient (Wildman–Crippen LogP) is 3.64. The fourth-order valence-corrected chi connectivity index (χ4v) is 2.44. The second-order valence-electron chi connectivity index (χ2n) is 4.22. The number of hydrogen-bond donors (Lipinski definition) is 1. The molecule has 0 radical (unpaired) electrons. The van der Waals surface area contributed by atoms with Gasteiger partial charge in [-0.05, 0) is 35.7 Å². The zero-order valence-corrected chi connectivity index (χ0v) is 10.9. The van der Waals surface area contributed by atoms with Crippen LogP contribution in [0.2, 0.25) is 5.15 Å². The molecule has 2 rings (SSSR count). The summed E-state index contributed by atoms with van der Waals surface area (Å²) < 4.78 is 0.750. The highest BCUT2D eigenvalue weighted by atomic mass is 79.9. The molecule has 0 bridgehead atoms. The Labute approximate surface area is 103 Å². The van der Waals surface area contributed by atoms with Crippen LogP contribution in [0.3, 0.4) is 0 Å². The monoisotopic (exact) mass is 289 g/mol. The molecule has 0 atom stereocenters. The first-order valence-electron chi connectivity index (χ1n) is 5.05. The van der Waals surface area contributed by atoms with Gasteiger partial charge < -0.3 is 5.32 Å². The topological polar surface area (TPSA) is 37.8 Å². The van der Waals surface area contributed by atoms with Crippen LogP contribution in [-0.4, -0.2) is 15.5 Å². The highest BCUT2D eigenvalue weighted by Crippen LogP contribution is 2.35. The summed E-state index contributed by atoms with van der Waals surface area (Å²) >= 11 is 9.30. The minimum absolute atomic E-state index is 0.153. The van der Waals surface area contributed by atoms with Gasteiger partial charge in [0.05, 0.1) is 4.47 Å². The minimum atomic E-state index is 0.153. The van der Waals surface area contributed by atoms with E-state index in [1.165, 1.54) is 32.0 Å². The summed E-state index contributed by atoms with van der Waals surface area (Å²) in [5, 5.41) is 3.90. The number of anilines is 1. The maximum Gasteiger partial charge on any atom is 0.148 e. The molecule has 1 aromatic rings. The number of aromatic nitrogens is 2. The maximum atomic E-state index is 5.91. The first-order valence-corrected chi connectivity index (χ1v) is 6.22. The van der Waals surface area contributed by atoms with Crippen molar-refractivity contribution >= 4 is 33.3 Å². The average Bonchev–Trinajstić information content (AvgIpc) is 2.60. The van der Waals surface area contributed by atoms with E-state index in [1.54, 1.807) is 0 Å². The Hall–Kier alpha value is -0.350. The summed E-state index contributed by atoms with van der Waals surface area (Å²) in [6.07, 6.45) is 6.40. The minimum Gasteiger partial charge on any atom is -0.364 e. The quantitative estimate of drug-likeness (QED) is 0.845. The molecule has 1 aliphatic rings. The van der Waals surface area contributed by atoms with Crippen LogP contribution >= 0.6 is 27.5 Å². The van der Waals surface area contributed by atoms with Gasteiger partial charge in [0.1, 0.15) is 17.3 Å². The molecule has 82 valence electrons. The molecule has 0 aliphatic heterocycles. The summed E-state index contributed by atoms with van der Waals surface area (Å²) in [7, 11) is 0. The number of rotatable bonds is 2. The summed E-state index contributed by atoms with van der Waals surface area (Å²) in [4.78, 5) is 8.10. The predicted molar refractivity (Wildman–Crippen MR) is 65.2 cm³/mol. The first kappa shape index (κ1) is 11.1. The summed E-state index contributed by atoms with van der Waals surface area (Å²) in [5.74, 6) is 0.791. The van der Waals surface area contributed by atoms with Crippen molar-refractivity contribution in [1.82, 2.24) is 9.97 Å². The molecule has 1 aliphatic carbocycles. The van der Waals surface area contributed by atoms with Crippen molar-refractivity contribution in [3.63, 3.8) is 0 Å². The van der Waals surface area contributed by atoms with Crippen molar-refractivity contribution in [3.05, 3.63) is 16.0 Å². The van der Waals surface area contributed by atoms with Gasteiger partial charge in [-0.25, -0.2) is 9.97 Å². The Kier molecular flexibility index (Phi) is 3.16. The standard InChI is InChI=1S/C10H13BrClN3/c1-10(4-2-3-5-10)15-9-7(11)8(12)13-6-14-9/h6H,2-5H2,1H3,(H,13,14,15). The molecular weight excluding hydrogens is 277 g/mol. The third-order valence-corrected chi connectivity index (χ3v) is 4.14. The highest BCUT2D eigenvalue weighted by Gasteiger charge is 2.29. The first-order chi connectivity index (χ1) is 7.11. The van der Waals surface area contributed by atoms with Gasteiger partial charge in [0.2, 0.25) is 0 Å². The molecule has 0 spiro atoms. The Morgan fingerprint density at radius 2 is 2.07 bits per heavy atom. The van der Waals surface area contributed by atoms with Crippen LogP contribution in [0.1, 0.15) is 32.6 Å². The van der Waals surface area contributed by atoms with Crippen molar-refractivity contribution < 1.29 is 0 Å². The van der Waals surface area contributed by atoms with Crippen LogP contribution in [0.25, 0.3) is 0 Å². The molecule has 0 aromatic carbocycles. The van der Waals surface area contributed by atoms with E-state index >= 15 is 0 Å². The van der Waals surface area contributed by atoms with Gasteiger partial charge in [0.25, 0.3) is 0 Å². The molecular formula is C10H13BrClN3. The van der Waals surface area contributed by atoms with Gasteiger partial charge in [0.15, 0.2) is 0 Å². The van der Waals surface area contributed by atoms with E-state index in [2.05, 4.69) is 38.1 Å². The lowest BCUT2D eigenvalue weighted by Crippen LogP contribution is -2.31. The third-order valence-electron chi connectivity index (χ3n) is 2.87. The van der Waals surface area contributed by atoms with Crippen LogP contribution in [0.4, 0.5) is 5.82 Å². The van der Waals surface area contributed by atoms with E-state index in [0.29, 0.717) is 5.15 Å². The van der Waals surface area contributed by atoms with Crippen LogP contribution in [0.5, 0.6) is 0 Å². The lowest BCUT2D eigenvalue weighted by Gasteiger charge is -2.26. The molecule has 1 fully saturated rings. The largest absolute Gasteiger partial charge is 0.364 e. The van der Waals surface area contributed by atoms with E-state index in [1.807, 2.05) is 0 Å². The molecule has 3 nitrogen and oxygen atoms in total. The zero-order chi connectivity index (χ0) is 10.9. The molecule has 1 aromatic heterocycles. The van der Waals surface area contributed by atoms with Crippen molar-refractivity contribution in [2.24, 2.45) is 0 Å². The fourth-order valence-electron chi connectivity index (χ4n) is 2.00. The van der Waals surface area contributed by atoms with Gasteiger partial charge in [-0.2, -0.15) is 0 Å². The van der Waals surface area contributed by atoms with E-state index in [9.17, 15) is 0 Å². The van der Waals surface area contributed by atoms with Gasteiger partial charge >= 0.3 is 0 Å². The maximum absolute atomic E-state index is 5.91. The van der Waals surface area contributed by atoms with Gasteiger partial charge in [-0.15, -0.1) is 0 Å². The van der Waals surface area contributed by atoms with Gasteiger partial charge in [0, 0.05) is 5.54 Å². The van der Waals surface area contributed by atoms with Crippen molar-refractivity contribution in [3.8, 4) is 0 Å². The highest BCUT2D eigenvalue weighted by molar-refractivity contribution is 9.10. The summed E-state index contributed by atoms with van der Waals surface area (Å²) in [6, 6.07) is 0. The van der Waals surface area contributed by atoms with Gasteiger partial charge in [-0.3, -0.25) is 0 Å². The Morgan fingerprint density at radius 1 is 1.40 bits per heavy atom. The molecule has 1 N–H and O–H groups in total. The third kappa shape index (κ3) is 2.42. The Balaban J connectivity index is 2.20. The SMILES string of the molecule is CC1(Nc2ncnc(Cl)c2Br)CCCC1. The summed E-state index contributed by atoms with van der Waals surface area (Å²) in [5.41, 5.74) is 0.153. The Bertz CT molecular complexity index is 364. The van der Waals surface area contributed by atoms with Crippen LogP contribution < -0.4 is 5.32 Å². The molecule has 1 saturated carbocycles. The fraction of sp³-hybridized carbons (Fsp3) is 0.600. The lowest BCUT2D eigenvalue weighted by molar-refractivity contribution is 0.530. The van der Waals surface area contributed by atoms with Crippen LogP contribution in [-0.2, 0) is 0 Å². The zero-order valence-electron chi connectivity index (χ0n) is 8.56. The number of nitrogens with zero attached hydrogens (tertiary/aromatic N) is 2. The summed E-state index contributed by atoms with van der Waals surface area (Å²) in [6.45, 7) is 2.22. The molecule has 5 heteroatoms. The van der Waals surface area contributed by atoms with E-state index in [-0.39, 0.29) is 5.54 Å². The number of nitrogens with one attached hydrogen (secondary N) is 1. The van der Waals surface area contributed by atoms with Crippen molar-refractivity contribution in [2.45, 2.75) is 38.1 Å². The van der Waals surface area contributed by atoms with E-state index < -0.39 is 0 Å². The molecule has 0 saturated heterocycles. The molecule has 0 amide bonds. The molecule has 1 heterocycles. The van der Waals surface area contributed by atoms with E-state index in [4.69, 9.17) is 11.6 Å². The second kappa shape index (κ2) is 4.26. The van der Waals surface area contributed by atoms with Crippen LogP contribution in [0.15, 0.2) is 10.8 Å². The molecule has 15 heavy (non-hydrogen) atoms. The van der Waals surface area contributed by atoms with Crippen molar-refractivity contribution in [2.75, 3.05) is 5.32 Å².